The molecule has 35 heavy (non-hydrogen) atoms. The zero-order chi connectivity index (χ0) is 25.1. The summed E-state index contributed by atoms with van der Waals surface area (Å²) in [7, 11) is 1.61. The van der Waals surface area contributed by atoms with Gasteiger partial charge in [-0.1, -0.05) is 24.3 Å². The fourth-order valence-electron chi connectivity index (χ4n) is 5.41. The monoisotopic (exact) mass is 498 g/mol. The zero-order valence-corrected chi connectivity index (χ0v) is 19.7. The largest absolute Gasteiger partial charge is 0.573 e. The quantitative estimate of drug-likeness (QED) is 0.360. The highest BCUT2D eigenvalue weighted by molar-refractivity contribution is 5.30. The number of rotatable bonds is 7. The van der Waals surface area contributed by atoms with E-state index >= 15 is 0 Å². The topological polar surface area (TPSA) is 27.7 Å². The maximum Gasteiger partial charge on any atom is 0.573 e. The minimum absolute atomic E-state index is 0.114. The summed E-state index contributed by atoms with van der Waals surface area (Å²) in [5.41, 5.74) is 2.05. The van der Waals surface area contributed by atoms with Gasteiger partial charge in [0.2, 0.25) is 0 Å². The third-order valence-corrected chi connectivity index (χ3v) is 7.37. The Labute approximate surface area is 202 Å². The van der Waals surface area contributed by atoms with Crippen molar-refractivity contribution in [2.24, 2.45) is 5.92 Å². The van der Waals surface area contributed by atoms with E-state index in [2.05, 4.69) is 4.74 Å². The molecular weight excluding hydrogens is 467 g/mol. The second-order valence-electron chi connectivity index (χ2n) is 9.59. The van der Waals surface area contributed by atoms with Crippen LogP contribution >= 0.6 is 0 Å². The lowest BCUT2D eigenvalue weighted by atomic mass is 9.78. The summed E-state index contributed by atoms with van der Waals surface area (Å²) >= 11 is 0. The number of hydrogen-bond acceptors (Lipinski definition) is 3. The second-order valence-corrected chi connectivity index (χ2v) is 9.59. The molecule has 2 aromatic rings. The van der Waals surface area contributed by atoms with Crippen LogP contribution in [0.5, 0.6) is 11.5 Å². The lowest BCUT2D eigenvalue weighted by molar-refractivity contribution is -0.300. The van der Waals surface area contributed by atoms with Crippen molar-refractivity contribution in [1.29, 1.82) is 0 Å². The molecule has 0 N–H and O–H groups in total. The van der Waals surface area contributed by atoms with Crippen LogP contribution in [0.15, 0.2) is 48.5 Å². The molecule has 0 radical (unpaired) electrons. The van der Waals surface area contributed by atoms with E-state index in [1.54, 1.807) is 19.2 Å². The lowest BCUT2D eigenvalue weighted by Crippen LogP contribution is -2.38. The summed E-state index contributed by atoms with van der Waals surface area (Å²) in [5.74, 6) is 0.125. The van der Waals surface area contributed by atoms with Gasteiger partial charge in [-0.15, -0.1) is 13.2 Å². The summed E-state index contributed by atoms with van der Waals surface area (Å²) in [6, 6.07) is 13.6. The highest BCUT2D eigenvalue weighted by Crippen LogP contribution is 2.45. The van der Waals surface area contributed by atoms with Gasteiger partial charge in [0.05, 0.1) is 19.1 Å². The van der Waals surface area contributed by atoms with Gasteiger partial charge in [0.15, 0.2) is 0 Å². The van der Waals surface area contributed by atoms with Crippen molar-refractivity contribution in [3.8, 4) is 11.5 Å². The molecule has 0 bridgehead atoms. The molecule has 2 aromatic carbocycles. The molecule has 2 aliphatic carbocycles. The Morgan fingerprint density at radius 1 is 0.629 bits per heavy atom. The zero-order valence-electron chi connectivity index (χ0n) is 19.7. The van der Waals surface area contributed by atoms with E-state index in [0.29, 0.717) is 51.4 Å². The van der Waals surface area contributed by atoms with Crippen LogP contribution in [0.25, 0.3) is 0 Å². The van der Waals surface area contributed by atoms with Crippen LogP contribution in [-0.4, -0.2) is 25.7 Å². The first-order valence-electron chi connectivity index (χ1n) is 12.2. The number of benzene rings is 2. The highest BCUT2D eigenvalue weighted by Gasteiger charge is 2.45. The number of halogens is 5. The minimum atomic E-state index is -4.73. The molecule has 0 aromatic heterocycles. The van der Waals surface area contributed by atoms with Gasteiger partial charge in [-0.3, -0.25) is 0 Å². The molecule has 8 heteroatoms. The molecule has 0 atom stereocenters. The molecule has 2 aliphatic rings. The third-order valence-electron chi connectivity index (χ3n) is 7.37. The summed E-state index contributed by atoms with van der Waals surface area (Å²) in [5, 5.41) is 0. The fraction of sp³-hybridized carbons (Fsp3) is 0.556. The first-order chi connectivity index (χ1) is 16.6. The average molecular weight is 499 g/mol. The van der Waals surface area contributed by atoms with Crippen molar-refractivity contribution in [3.05, 3.63) is 59.7 Å². The molecule has 3 nitrogen and oxygen atoms in total. The SMILES string of the molecule is COc1ccc(C2CCC(C(F)(F)OC3CCC(c4ccc(OC(F)(F)F)cc4)CC3)CC2)cc1. The molecule has 2 saturated carbocycles. The molecule has 4 rings (SSSR count). The predicted molar refractivity (Wildman–Crippen MR) is 122 cm³/mol. The van der Waals surface area contributed by atoms with Gasteiger partial charge >= 0.3 is 12.5 Å². The number of methoxy groups -OCH3 is 1. The van der Waals surface area contributed by atoms with Gasteiger partial charge in [0.25, 0.3) is 0 Å². The first-order valence-corrected chi connectivity index (χ1v) is 12.2. The Morgan fingerprint density at radius 2 is 1.09 bits per heavy atom. The van der Waals surface area contributed by atoms with Crippen molar-refractivity contribution in [2.45, 2.75) is 81.8 Å². The predicted octanol–water partition coefficient (Wildman–Crippen LogP) is 8.20. The van der Waals surface area contributed by atoms with Crippen LogP contribution in [0.3, 0.4) is 0 Å². The van der Waals surface area contributed by atoms with Crippen LogP contribution in [-0.2, 0) is 4.74 Å². The van der Waals surface area contributed by atoms with Crippen LogP contribution in [0.1, 0.15) is 74.3 Å². The molecule has 192 valence electrons. The first kappa shape index (κ1) is 25.7. The van der Waals surface area contributed by atoms with Crippen LogP contribution in [0, 0.1) is 5.92 Å². The van der Waals surface area contributed by atoms with Crippen LogP contribution in [0.4, 0.5) is 22.0 Å². The Kier molecular flexibility index (Phi) is 7.89. The molecule has 0 amide bonds. The van der Waals surface area contributed by atoms with Gasteiger partial charge in [-0.05, 0) is 98.6 Å². The van der Waals surface area contributed by atoms with E-state index in [9.17, 15) is 22.0 Å². The number of ether oxygens (including phenoxy) is 3. The standard InChI is InChI=1S/C27H31F5O3/c1-33-23-12-4-19(5-13-23)18-2-10-22(11-3-18)26(28,29)34-24-14-6-20(7-15-24)21-8-16-25(17-9-21)35-27(30,31)32/h4-5,8-9,12-13,16-18,20,22,24H,2-3,6-7,10-11,14-15H2,1H3. The van der Waals surface area contributed by atoms with E-state index in [0.717, 1.165) is 16.9 Å². The van der Waals surface area contributed by atoms with Gasteiger partial charge in [-0.25, -0.2) is 0 Å². The van der Waals surface area contributed by atoms with Crippen molar-refractivity contribution in [3.63, 3.8) is 0 Å². The summed E-state index contributed by atoms with van der Waals surface area (Å²) in [6.07, 6.45) is -3.81. The van der Waals surface area contributed by atoms with Crippen molar-refractivity contribution in [2.75, 3.05) is 7.11 Å². The fourth-order valence-corrected chi connectivity index (χ4v) is 5.41. The van der Waals surface area contributed by atoms with Crippen LogP contribution in [0.2, 0.25) is 0 Å². The van der Waals surface area contributed by atoms with Gasteiger partial charge in [0.1, 0.15) is 11.5 Å². The Morgan fingerprint density at radius 3 is 1.54 bits per heavy atom. The van der Waals surface area contributed by atoms with Gasteiger partial charge in [0, 0.05) is 0 Å². The summed E-state index contributed by atoms with van der Waals surface area (Å²) in [6.45, 7) is 0. The van der Waals surface area contributed by atoms with E-state index in [-0.39, 0.29) is 17.6 Å². The normalized spacial score (nSPS) is 25.8. The maximum absolute atomic E-state index is 15.0. The van der Waals surface area contributed by atoms with Crippen molar-refractivity contribution in [1.82, 2.24) is 0 Å². The molecule has 0 spiro atoms. The molecule has 2 fully saturated rings. The average Bonchev–Trinajstić information content (AvgIpc) is 2.84. The smallest absolute Gasteiger partial charge is 0.497 e. The number of alkyl halides is 5. The van der Waals surface area contributed by atoms with Crippen molar-refractivity contribution >= 4 is 0 Å². The molecule has 0 saturated heterocycles. The van der Waals surface area contributed by atoms with Gasteiger partial charge in [-0.2, -0.15) is 8.78 Å². The van der Waals surface area contributed by atoms with Gasteiger partial charge < -0.3 is 14.2 Å². The molecule has 0 unspecified atom stereocenters. The van der Waals surface area contributed by atoms with Crippen molar-refractivity contribution < 1.29 is 36.2 Å². The van der Waals surface area contributed by atoms with E-state index in [1.165, 1.54) is 12.1 Å². The molecular formula is C27H31F5O3. The summed E-state index contributed by atoms with van der Waals surface area (Å²) < 4.78 is 81.4. The Hall–Kier alpha value is -2.35. The highest BCUT2D eigenvalue weighted by atomic mass is 19.4. The summed E-state index contributed by atoms with van der Waals surface area (Å²) in [4.78, 5) is 0. The van der Waals surface area contributed by atoms with E-state index in [4.69, 9.17) is 9.47 Å². The Bertz CT molecular complexity index is 927. The maximum atomic E-state index is 15.0. The molecule has 0 heterocycles. The molecule has 0 aliphatic heterocycles. The van der Waals surface area contributed by atoms with Crippen LogP contribution < -0.4 is 9.47 Å². The number of hydrogen-bond donors (Lipinski definition) is 0. The van der Waals surface area contributed by atoms with E-state index < -0.39 is 24.5 Å². The second kappa shape index (κ2) is 10.7. The van der Waals surface area contributed by atoms with E-state index in [1.807, 2.05) is 24.3 Å². The Balaban J connectivity index is 1.24. The lowest BCUT2D eigenvalue weighted by Gasteiger charge is -2.37. The minimum Gasteiger partial charge on any atom is -0.497 e. The third kappa shape index (κ3) is 6.87.